The highest BCUT2D eigenvalue weighted by Crippen LogP contribution is 2.10. The normalized spacial score (nSPS) is 11.5. The fourth-order valence-corrected chi connectivity index (χ4v) is 1.65. The van der Waals surface area contributed by atoms with Crippen LogP contribution in [-0.2, 0) is 13.2 Å². The van der Waals surface area contributed by atoms with E-state index in [-0.39, 0.29) is 12.4 Å². The second kappa shape index (κ2) is 8.48. The van der Waals surface area contributed by atoms with Crippen LogP contribution in [0.5, 0.6) is 0 Å². The van der Waals surface area contributed by atoms with Crippen LogP contribution in [0.2, 0.25) is 0 Å². The Morgan fingerprint density at radius 2 is 2.16 bits per heavy atom. The Balaban J connectivity index is 2.50. The zero-order valence-corrected chi connectivity index (χ0v) is 11.5. The van der Waals surface area contributed by atoms with Crippen LogP contribution in [0.4, 0.5) is 4.39 Å². The molecule has 0 saturated heterocycles. The molecule has 0 aliphatic carbocycles. The molecule has 0 aromatic heterocycles. The van der Waals surface area contributed by atoms with Crippen LogP contribution in [0, 0.1) is 5.82 Å². The molecule has 19 heavy (non-hydrogen) atoms. The maximum absolute atomic E-state index is 13.2. The van der Waals surface area contributed by atoms with Gasteiger partial charge in [0.2, 0.25) is 0 Å². The first-order valence-electron chi connectivity index (χ1n) is 6.54. The summed E-state index contributed by atoms with van der Waals surface area (Å²) in [7, 11) is 1.71. The summed E-state index contributed by atoms with van der Waals surface area (Å²) in [4.78, 5) is 4.11. The van der Waals surface area contributed by atoms with Gasteiger partial charge in [-0.2, -0.15) is 0 Å². The molecule has 106 valence electrons. The van der Waals surface area contributed by atoms with Crippen molar-refractivity contribution in [1.82, 2.24) is 10.6 Å². The van der Waals surface area contributed by atoms with Gasteiger partial charge >= 0.3 is 0 Å². The van der Waals surface area contributed by atoms with E-state index in [9.17, 15) is 4.39 Å². The van der Waals surface area contributed by atoms with Gasteiger partial charge in [-0.05, 0) is 24.1 Å². The number of hydrogen-bond donors (Lipinski definition) is 3. The first kappa shape index (κ1) is 15.4. The highest BCUT2D eigenvalue weighted by molar-refractivity contribution is 5.79. The Morgan fingerprint density at radius 1 is 1.37 bits per heavy atom. The van der Waals surface area contributed by atoms with Crippen molar-refractivity contribution in [3.05, 3.63) is 35.1 Å². The third kappa shape index (κ3) is 5.26. The summed E-state index contributed by atoms with van der Waals surface area (Å²) >= 11 is 0. The van der Waals surface area contributed by atoms with Gasteiger partial charge in [-0.25, -0.2) is 4.39 Å². The zero-order chi connectivity index (χ0) is 14.1. The lowest BCUT2D eigenvalue weighted by Crippen LogP contribution is -2.37. The fraction of sp³-hybridized carbons (Fsp3) is 0.500. The number of aliphatic imine (C=N–C) groups is 1. The lowest BCUT2D eigenvalue weighted by molar-refractivity contribution is 0.275. The Labute approximate surface area is 113 Å². The number of rotatable bonds is 6. The van der Waals surface area contributed by atoms with Gasteiger partial charge < -0.3 is 15.7 Å². The van der Waals surface area contributed by atoms with Crippen LogP contribution in [0.3, 0.4) is 0 Å². The molecule has 0 fully saturated rings. The standard InChI is InChI=1S/C14H22FN3O/c1-3-4-7-17-14(16-2)18-9-11-5-6-13(15)12(8-11)10-19/h5-6,8,19H,3-4,7,9-10H2,1-2H3,(H2,16,17,18). The molecular weight excluding hydrogens is 245 g/mol. The molecule has 1 aromatic rings. The van der Waals surface area contributed by atoms with Crippen LogP contribution in [0.25, 0.3) is 0 Å². The third-order valence-electron chi connectivity index (χ3n) is 2.79. The van der Waals surface area contributed by atoms with Gasteiger partial charge in [0.1, 0.15) is 5.82 Å². The largest absolute Gasteiger partial charge is 0.392 e. The van der Waals surface area contributed by atoms with Crippen LogP contribution >= 0.6 is 0 Å². The van der Waals surface area contributed by atoms with Gasteiger partial charge in [0, 0.05) is 25.7 Å². The topological polar surface area (TPSA) is 56.7 Å². The Morgan fingerprint density at radius 3 is 2.79 bits per heavy atom. The molecule has 0 heterocycles. The second-order valence-electron chi connectivity index (χ2n) is 4.29. The van der Waals surface area contributed by atoms with E-state index in [1.54, 1.807) is 19.2 Å². The van der Waals surface area contributed by atoms with Gasteiger partial charge in [0.25, 0.3) is 0 Å². The minimum atomic E-state index is -0.378. The van der Waals surface area contributed by atoms with Crippen LogP contribution < -0.4 is 10.6 Å². The number of aliphatic hydroxyl groups excluding tert-OH is 1. The molecule has 0 atom stereocenters. The zero-order valence-electron chi connectivity index (χ0n) is 11.5. The number of guanidine groups is 1. The van der Waals surface area contributed by atoms with Crippen LogP contribution in [0.1, 0.15) is 30.9 Å². The van der Waals surface area contributed by atoms with Crippen molar-refractivity contribution in [2.75, 3.05) is 13.6 Å². The molecule has 0 aliphatic rings. The number of benzene rings is 1. The molecule has 0 spiro atoms. The molecule has 3 N–H and O–H groups in total. The van der Waals surface area contributed by atoms with E-state index in [0.717, 1.165) is 30.9 Å². The lowest BCUT2D eigenvalue weighted by atomic mass is 10.1. The van der Waals surface area contributed by atoms with E-state index in [0.29, 0.717) is 12.1 Å². The molecule has 1 aromatic carbocycles. The van der Waals surface area contributed by atoms with Crippen molar-refractivity contribution in [1.29, 1.82) is 0 Å². The van der Waals surface area contributed by atoms with Crippen molar-refractivity contribution >= 4 is 5.96 Å². The van der Waals surface area contributed by atoms with E-state index in [4.69, 9.17) is 5.11 Å². The summed E-state index contributed by atoms with van der Waals surface area (Å²) in [6, 6.07) is 4.72. The van der Waals surface area contributed by atoms with Crippen LogP contribution in [0.15, 0.2) is 23.2 Å². The first-order chi connectivity index (χ1) is 9.21. The Hall–Kier alpha value is -1.62. The minimum Gasteiger partial charge on any atom is -0.392 e. The Kier molecular flexibility index (Phi) is 6.89. The predicted molar refractivity (Wildman–Crippen MR) is 75.4 cm³/mol. The number of unbranched alkanes of at least 4 members (excludes halogenated alkanes) is 1. The molecule has 0 saturated carbocycles. The van der Waals surface area contributed by atoms with Gasteiger partial charge in [-0.15, -0.1) is 0 Å². The van der Waals surface area contributed by atoms with E-state index < -0.39 is 0 Å². The van der Waals surface area contributed by atoms with Crippen molar-refractivity contribution in [3.63, 3.8) is 0 Å². The van der Waals surface area contributed by atoms with Crippen molar-refractivity contribution in [3.8, 4) is 0 Å². The SMILES string of the molecule is CCCCNC(=NC)NCc1ccc(F)c(CO)c1. The number of halogens is 1. The molecule has 0 radical (unpaired) electrons. The van der Waals surface area contributed by atoms with Gasteiger partial charge in [0.15, 0.2) is 5.96 Å². The Bertz CT molecular complexity index is 421. The van der Waals surface area contributed by atoms with E-state index >= 15 is 0 Å². The fourth-order valence-electron chi connectivity index (χ4n) is 1.65. The van der Waals surface area contributed by atoms with E-state index in [1.165, 1.54) is 6.07 Å². The summed E-state index contributed by atoms with van der Waals surface area (Å²) in [5.41, 5.74) is 1.22. The average Bonchev–Trinajstić information content (AvgIpc) is 2.44. The van der Waals surface area contributed by atoms with Crippen LogP contribution in [-0.4, -0.2) is 24.7 Å². The average molecular weight is 267 g/mol. The van der Waals surface area contributed by atoms with Crippen molar-refractivity contribution in [2.24, 2.45) is 4.99 Å². The molecule has 5 heteroatoms. The molecule has 0 amide bonds. The summed E-state index contributed by atoms with van der Waals surface area (Å²) in [5, 5.41) is 15.4. The summed E-state index contributed by atoms with van der Waals surface area (Å²) < 4.78 is 13.2. The number of nitrogens with one attached hydrogen (secondary N) is 2. The molecule has 1 rings (SSSR count). The number of aliphatic hydroxyl groups is 1. The third-order valence-corrected chi connectivity index (χ3v) is 2.79. The molecule has 0 bridgehead atoms. The minimum absolute atomic E-state index is 0.289. The molecule has 0 aliphatic heterocycles. The molecule has 0 unspecified atom stereocenters. The van der Waals surface area contributed by atoms with E-state index in [1.807, 2.05) is 0 Å². The predicted octanol–water partition coefficient (Wildman–Crippen LogP) is 1.78. The highest BCUT2D eigenvalue weighted by atomic mass is 19.1. The summed E-state index contributed by atoms with van der Waals surface area (Å²) in [5.74, 6) is 0.347. The van der Waals surface area contributed by atoms with Crippen molar-refractivity contribution < 1.29 is 9.50 Å². The number of hydrogen-bond acceptors (Lipinski definition) is 2. The summed E-state index contributed by atoms with van der Waals surface area (Å²) in [6.45, 7) is 3.26. The second-order valence-corrected chi connectivity index (χ2v) is 4.29. The van der Waals surface area contributed by atoms with Crippen molar-refractivity contribution in [2.45, 2.75) is 32.9 Å². The molecule has 4 nitrogen and oxygen atoms in total. The maximum Gasteiger partial charge on any atom is 0.191 e. The van der Waals surface area contributed by atoms with Gasteiger partial charge in [0.05, 0.1) is 6.61 Å². The first-order valence-corrected chi connectivity index (χ1v) is 6.54. The smallest absolute Gasteiger partial charge is 0.191 e. The van der Waals surface area contributed by atoms with E-state index in [2.05, 4.69) is 22.5 Å². The lowest BCUT2D eigenvalue weighted by Gasteiger charge is -2.12. The highest BCUT2D eigenvalue weighted by Gasteiger charge is 2.03. The maximum atomic E-state index is 13.2. The van der Waals surface area contributed by atoms with Gasteiger partial charge in [-0.3, -0.25) is 4.99 Å². The quantitative estimate of drug-likeness (QED) is 0.418. The monoisotopic (exact) mass is 267 g/mol. The molecular formula is C14H22FN3O. The number of nitrogens with zero attached hydrogens (tertiary/aromatic N) is 1. The van der Waals surface area contributed by atoms with Gasteiger partial charge in [-0.1, -0.05) is 19.4 Å². The summed E-state index contributed by atoms with van der Waals surface area (Å²) in [6.07, 6.45) is 2.22.